The third kappa shape index (κ3) is 6.57. The highest BCUT2D eigenvalue weighted by Crippen LogP contribution is 2.20. The molecule has 2 aromatic rings. The van der Waals surface area contributed by atoms with Gasteiger partial charge in [-0.3, -0.25) is 9.59 Å². The van der Waals surface area contributed by atoms with Crippen LogP contribution in [0.15, 0.2) is 48.5 Å². The van der Waals surface area contributed by atoms with Crippen LogP contribution in [0.3, 0.4) is 0 Å². The van der Waals surface area contributed by atoms with E-state index in [0.29, 0.717) is 36.0 Å². The van der Waals surface area contributed by atoms with E-state index in [1.165, 1.54) is 0 Å². The smallest absolute Gasteiger partial charge is 0.251 e. The Labute approximate surface area is 172 Å². The topological polar surface area (TPSA) is 61.4 Å². The lowest BCUT2D eigenvalue weighted by molar-refractivity contribution is -0.116. The third-order valence-electron chi connectivity index (χ3n) is 4.42. The lowest BCUT2D eigenvalue weighted by Gasteiger charge is -2.27. The van der Waals surface area contributed by atoms with Gasteiger partial charge in [0.1, 0.15) is 0 Å². The van der Waals surface area contributed by atoms with Gasteiger partial charge in [0.15, 0.2) is 0 Å². The first-order valence-electron chi connectivity index (χ1n) is 9.61. The number of rotatable bonds is 9. The summed E-state index contributed by atoms with van der Waals surface area (Å²) in [6, 6.07) is 15.0. The molecule has 5 nitrogen and oxygen atoms in total. The van der Waals surface area contributed by atoms with Crippen LogP contribution >= 0.6 is 11.6 Å². The summed E-state index contributed by atoms with van der Waals surface area (Å²) in [7, 11) is 0. The van der Waals surface area contributed by atoms with Crippen LogP contribution in [0, 0.1) is 0 Å². The summed E-state index contributed by atoms with van der Waals surface area (Å²) in [5, 5.41) is 6.29. The summed E-state index contributed by atoms with van der Waals surface area (Å²) < 4.78 is 0. The third-order valence-corrected chi connectivity index (χ3v) is 4.67. The molecule has 0 aliphatic rings. The molecule has 0 atom stereocenters. The van der Waals surface area contributed by atoms with Gasteiger partial charge in [-0.25, -0.2) is 0 Å². The number of nitrogens with zero attached hydrogens (tertiary/aromatic N) is 1. The first-order chi connectivity index (χ1) is 13.4. The van der Waals surface area contributed by atoms with Gasteiger partial charge in [-0.1, -0.05) is 11.6 Å². The van der Waals surface area contributed by atoms with Crippen molar-refractivity contribution in [3.05, 3.63) is 59.1 Å². The van der Waals surface area contributed by atoms with Gasteiger partial charge in [0.25, 0.3) is 5.91 Å². The fourth-order valence-electron chi connectivity index (χ4n) is 2.96. The van der Waals surface area contributed by atoms with E-state index >= 15 is 0 Å². The molecular weight excluding hydrogens is 374 g/mol. The van der Waals surface area contributed by atoms with Crippen molar-refractivity contribution in [2.75, 3.05) is 23.3 Å². The molecule has 0 aromatic heterocycles. The van der Waals surface area contributed by atoms with Crippen LogP contribution < -0.4 is 15.5 Å². The van der Waals surface area contributed by atoms with Gasteiger partial charge in [-0.05, 0) is 75.7 Å². The van der Waals surface area contributed by atoms with Gasteiger partial charge >= 0.3 is 0 Å². The molecule has 0 saturated heterocycles. The average Bonchev–Trinajstić information content (AvgIpc) is 2.67. The molecule has 0 bridgehead atoms. The molecule has 2 aromatic carbocycles. The fraction of sp³-hybridized carbons (Fsp3) is 0.364. The van der Waals surface area contributed by atoms with E-state index in [2.05, 4.69) is 36.3 Å². The van der Waals surface area contributed by atoms with E-state index < -0.39 is 0 Å². The Morgan fingerprint density at radius 3 is 2.25 bits per heavy atom. The highest BCUT2D eigenvalue weighted by molar-refractivity contribution is 6.30. The first kappa shape index (κ1) is 21.8. The summed E-state index contributed by atoms with van der Waals surface area (Å²) in [6.07, 6.45) is 0.913. The normalized spacial score (nSPS) is 10.6. The van der Waals surface area contributed by atoms with Crippen molar-refractivity contribution in [1.29, 1.82) is 0 Å². The number of hydrogen-bond donors (Lipinski definition) is 2. The Bertz CT molecular complexity index is 773. The summed E-state index contributed by atoms with van der Waals surface area (Å²) >= 11 is 5.81. The number of anilines is 2. The second-order valence-electron chi connectivity index (χ2n) is 6.84. The number of benzene rings is 2. The zero-order valence-corrected chi connectivity index (χ0v) is 17.4. The Kier molecular flexibility index (Phi) is 8.33. The molecule has 0 spiro atoms. The van der Waals surface area contributed by atoms with E-state index in [1.807, 2.05) is 24.3 Å². The van der Waals surface area contributed by atoms with Crippen LogP contribution in [0.25, 0.3) is 0 Å². The van der Waals surface area contributed by atoms with E-state index in [9.17, 15) is 9.59 Å². The van der Waals surface area contributed by atoms with Gasteiger partial charge < -0.3 is 15.5 Å². The van der Waals surface area contributed by atoms with Gasteiger partial charge in [0.05, 0.1) is 0 Å². The van der Waals surface area contributed by atoms with E-state index in [-0.39, 0.29) is 11.8 Å². The quantitative estimate of drug-likeness (QED) is 0.597. The van der Waals surface area contributed by atoms with E-state index in [0.717, 1.165) is 17.9 Å². The van der Waals surface area contributed by atoms with Crippen molar-refractivity contribution >= 4 is 34.8 Å². The summed E-state index contributed by atoms with van der Waals surface area (Å²) in [5.74, 6) is -0.233. The van der Waals surface area contributed by atoms with Crippen molar-refractivity contribution in [1.82, 2.24) is 5.32 Å². The molecule has 150 valence electrons. The monoisotopic (exact) mass is 401 g/mol. The van der Waals surface area contributed by atoms with Crippen molar-refractivity contribution in [3.8, 4) is 0 Å². The minimum absolute atomic E-state index is 0.0651. The SMILES string of the molecule is CCN(c1ccc(NC(=O)CCCNC(=O)c2ccc(Cl)cc2)cc1)C(C)C. The highest BCUT2D eigenvalue weighted by Gasteiger charge is 2.09. The zero-order chi connectivity index (χ0) is 20.5. The highest BCUT2D eigenvalue weighted by atomic mass is 35.5. The molecule has 28 heavy (non-hydrogen) atoms. The molecule has 6 heteroatoms. The van der Waals surface area contributed by atoms with Crippen molar-refractivity contribution < 1.29 is 9.59 Å². The fourth-order valence-corrected chi connectivity index (χ4v) is 3.09. The maximum atomic E-state index is 12.1. The molecule has 0 unspecified atom stereocenters. The first-order valence-corrected chi connectivity index (χ1v) is 9.98. The van der Waals surface area contributed by atoms with Crippen LogP contribution in [0.2, 0.25) is 5.02 Å². The molecule has 0 fully saturated rings. The largest absolute Gasteiger partial charge is 0.369 e. The second kappa shape index (κ2) is 10.7. The molecular formula is C22H28ClN3O2. The number of hydrogen-bond acceptors (Lipinski definition) is 3. The van der Waals surface area contributed by atoms with E-state index in [4.69, 9.17) is 11.6 Å². The van der Waals surface area contributed by atoms with Gasteiger partial charge in [-0.15, -0.1) is 0 Å². The summed E-state index contributed by atoms with van der Waals surface area (Å²) in [5.41, 5.74) is 2.47. The Hall–Kier alpha value is -2.53. The van der Waals surface area contributed by atoms with Crippen LogP contribution in [0.1, 0.15) is 44.0 Å². The van der Waals surface area contributed by atoms with Crippen LogP contribution in [-0.2, 0) is 4.79 Å². The molecule has 0 saturated carbocycles. The Morgan fingerprint density at radius 1 is 1.04 bits per heavy atom. The van der Waals surface area contributed by atoms with Gasteiger partial charge in [0.2, 0.25) is 5.91 Å². The maximum absolute atomic E-state index is 12.1. The zero-order valence-electron chi connectivity index (χ0n) is 16.7. The lowest BCUT2D eigenvalue weighted by atomic mass is 10.2. The number of amides is 2. The minimum Gasteiger partial charge on any atom is -0.369 e. The molecule has 0 aliphatic carbocycles. The summed E-state index contributed by atoms with van der Waals surface area (Å²) in [4.78, 5) is 26.4. The Morgan fingerprint density at radius 2 is 1.68 bits per heavy atom. The van der Waals surface area contributed by atoms with E-state index in [1.54, 1.807) is 24.3 Å². The maximum Gasteiger partial charge on any atom is 0.251 e. The van der Waals surface area contributed by atoms with Crippen LogP contribution in [-0.4, -0.2) is 30.9 Å². The van der Waals surface area contributed by atoms with Crippen LogP contribution in [0.5, 0.6) is 0 Å². The number of carbonyl (C=O) groups excluding carboxylic acids is 2. The predicted molar refractivity (Wildman–Crippen MR) is 116 cm³/mol. The predicted octanol–water partition coefficient (Wildman–Crippen LogP) is 4.72. The molecule has 2 N–H and O–H groups in total. The van der Waals surface area contributed by atoms with Crippen molar-refractivity contribution in [2.45, 2.75) is 39.7 Å². The van der Waals surface area contributed by atoms with Gasteiger partial charge in [0, 0.05) is 47.5 Å². The second-order valence-corrected chi connectivity index (χ2v) is 7.28. The van der Waals surface area contributed by atoms with Crippen molar-refractivity contribution in [3.63, 3.8) is 0 Å². The molecule has 2 amide bonds. The number of halogens is 1. The lowest BCUT2D eigenvalue weighted by Crippen LogP contribution is -2.30. The summed E-state index contributed by atoms with van der Waals surface area (Å²) in [6.45, 7) is 7.82. The standard InChI is InChI=1S/C22H28ClN3O2/c1-4-26(16(2)3)20-13-11-19(12-14-20)25-21(27)6-5-15-24-22(28)17-7-9-18(23)10-8-17/h7-14,16H,4-6,15H2,1-3H3,(H,24,28)(H,25,27). The molecule has 0 aliphatic heterocycles. The molecule has 0 radical (unpaired) electrons. The number of carbonyl (C=O) groups is 2. The van der Waals surface area contributed by atoms with Crippen LogP contribution in [0.4, 0.5) is 11.4 Å². The average molecular weight is 402 g/mol. The van der Waals surface area contributed by atoms with Crippen molar-refractivity contribution in [2.24, 2.45) is 0 Å². The number of nitrogens with one attached hydrogen (secondary N) is 2. The Balaban J connectivity index is 1.73. The molecule has 0 heterocycles. The molecule has 2 rings (SSSR count). The van der Waals surface area contributed by atoms with Gasteiger partial charge in [-0.2, -0.15) is 0 Å². The minimum atomic E-state index is -0.168.